The van der Waals surface area contributed by atoms with Crippen LogP contribution < -0.4 is 0 Å². The van der Waals surface area contributed by atoms with Crippen molar-refractivity contribution in [2.75, 3.05) is 13.2 Å². The molecule has 0 N–H and O–H groups in total. The number of unbranched alkanes of at least 4 members (excludes halogenated alkanes) is 1. The van der Waals surface area contributed by atoms with Crippen LogP contribution in [0.3, 0.4) is 0 Å². The second kappa shape index (κ2) is 34.6. The SMILES string of the molecule is CC(C)C(=O)OCCC(C)(C)C.CC(C)C(=O)OCCCC(C)(C)C.CC(C)CC(C)(C)C.CC(C)CCC(C)(C)C.CCCC(C)(C)C.CCCCC(C)(C)C. The maximum atomic E-state index is 11.0. The van der Waals surface area contributed by atoms with Gasteiger partial charge in [-0.05, 0) is 89.3 Å². The molecule has 0 radical (unpaired) electrons. The van der Waals surface area contributed by atoms with E-state index in [4.69, 9.17) is 9.47 Å². The molecule has 0 atom stereocenters. The average Bonchev–Trinajstić information content (AvgIpc) is 2.95. The maximum absolute atomic E-state index is 11.0. The van der Waals surface area contributed by atoms with Gasteiger partial charge in [0.05, 0.1) is 25.0 Å². The van der Waals surface area contributed by atoms with Gasteiger partial charge in [-0.1, -0.05) is 220 Å². The van der Waals surface area contributed by atoms with Crippen LogP contribution in [0, 0.1) is 56.2 Å². The molecule has 57 heavy (non-hydrogen) atoms. The molecule has 0 aliphatic rings. The topological polar surface area (TPSA) is 52.6 Å². The van der Waals surface area contributed by atoms with E-state index >= 15 is 0 Å². The first-order valence-corrected chi connectivity index (χ1v) is 23.4. The Kier molecular flexibility index (Phi) is 41.1. The Morgan fingerprint density at radius 3 is 0.895 bits per heavy atom. The Bertz CT molecular complexity index is 882. The quantitative estimate of drug-likeness (QED) is 0.137. The molecular weight excluding hydrogens is 701 g/mol. The first kappa shape index (κ1) is 67.7. The minimum atomic E-state index is -0.0979. The van der Waals surface area contributed by atoms with Gasteiger partial charge in [0.25, 0.3) is 0 Å². The van der Waals surface area contributed by atoms with Crippen molar-refractivity contribution in [1.29, 1.82) is 0 Å². The Labute approximate surface area is 363 Å². The van der Waals surface area contributed by atoms with Gasteiger partial charge in [0, 0.05) is 0 Å². The molecule has 0 amide bonds. The number of rotatable bonds is 13. The monoisotopic (exact) mass is 815 g/mol. The number of hydrogen-bond acceptors (Lipinski definition) is 4. The van der Waals surface area contributed by atoms with Gasteiger partial charge in [-0.3, -0.25) is 9.59 Å². The molecule has 4 heteroatoms. The van der Waals surface area contributed by atoms with E-state index < -0.39 is 0 Å². The maximum Gasteiger partial charge on any atom is 0.308 e. The minimum Gasteiger partial charge on any atom is -0.465 e. The average molecular weight is 815 g/mol. The van der Waals surface area contributed by atoms with Crippen LogP contribution in [0.2, 0.25) is 0 Å². The van der Waals surface area contributed by atoms with Crippen LogP contribution in [0.5, 0.6) is 0 Å². The van der Waals surface area contributed by atoms with Crippen molar-refractivity contribution >= 4 is 11.9 Å². The summed E-state index contributed by atoms with van der Waals surface area (Å²) in [5.41, 5.74) is 2.74. The van der Waals surface area contributed by atoms with E-state index in [-0.39, 0.29) is 29.2 Å². The van der Waals surface area contributed by atoms with Crippen LogP contribution >= 0.6 is 0 Å². The van der Waals surface area contributed by atoms with E-state index in [0.717, 1.165) is 31.1 Å². The van der Waals surface area contributed by atoms with Crippen molar-refractivity contribution in [3.8, 4) is 0 Å². The number of hydrogen-bond donors (Lipinski definition) is 0. The van der Waals surface area contributed by atoms with E-state index in [0.29, 0.717) is 40.3 Å². The molecule has 0 heterocycles. The molecule has 0 fully saturated rings. The van der Waals surface area contributed by atoms with Crippen LogP contribution in [0.25, 0.3) is 0 Å². The summed E-state index contributed by atoms with van der Waals surface area (Å²) in [6.07, 6.45) is 13.7. The molecule has 0 bridgehead atoms. The highest BCUT2D eigenvalue weighted by molar-refractivity contribution is 5.71. The standard InChI is InChI=1S/C11H22O2.C10H20O2.C9H20.2C8H18.C7H16/c1-9(2)10(12)13-8-6-7-11(3,4)5;1-8(2)9(11)12-7-6-10(3,4)5;1-8(2)6-7-9(3,4)5;1-7(2)6-8(3,4)5;1-5-6-7-8(2,3)4;1-5-6-7(2,3)4/h9H,6-8H2,1-5H3;8H,6-7H2,1-5H3;8H,6-7H2,1-5H3;7H,6H2,1-5H3;5-7H2,1-4H3;5-6H2,1-4H3. The Morgan fingerprint density at radius 2 is 0.719 bits per heavy atom. The molecule has 0 aromatic rings. The van der Waals surface area contributed by atoms with E-state index in [9.17, 15) is 9.59 Å². The zero-order valence-corrected chi connectivity index (χ0v) is 45.1. The zero-order valence-electron chi connectivity index (χ0n) is 45.1. The van der Waals surface area contributed by atoms with Crippen molar-refractivity contribution in [1.82, 2.24) is 0 Å². The highest BCUT2D eigenvalue weighted by Gasteiger charge is 2.14. The summed E-state index contributed by atoms with van der Waals surface area (Å²) >= 11 is 0. The summed E-state index contributed by atoms with van der Waals surface area (Å²) < 4.78 is 10.1. The lowest BCUT2D eigenvalue weighted by atomic mass is 9.86. The molecule has 350 valence electrons. The summed E-state index contributed by atoms with van der Waals surface area (Å²) in [6.45, 7) is 62.5. The molecule has 0 aromatic carbocycles. The van der Waals surface area contributed by atoms with Gasteiger partial charge in [-0.25, -0.2) is 0 Å². The van der Waals surface area contributed by atoms with Crippen LogP contribution in [0.15, 0.2) is 0 Å². The third kappa shape index (κ3) is 87.5. The summed E-state index contributed by atoms with van der Waals surface area (Å²) in [4.78, 5) is 22.1. The van der Waals surface area contributed by atoms with E-state index in [1.54, 1.807) is 0 Å². The van der Waals surface area contributed by atoms with Crippen LogP contribution in [0.4, 0.5) is 0 Å². The van der Waals surface area contributed by atoms with Crippen molar-refractivity contribution in [3.05, 3.63) is 0 Å². The van der Waals surface area contributed by atoms with Crippen molar-refractivity contribution in [2.24, 2.45) is 56.2 Å². The molecule has 0 aliphatic carbocycles. The number of ether oxygens (including phenoxy) is 2. The molecule has 0 saturated carbocycles. The fraction of sp³-hybridized carbons (Fsp3) is 0.962. The number of esters is 2. The first-order valence-electron chi connectivity index (χ1n) is 23.4. The third-order valence-electron chi connectivity index (χ3n) is 8.13. The van der Waals surface area contributed by atoms with Gasteiger partial charge in [-0.2, -0.15) is 0 Å². The largest absolute Gasteiger partial charge is 0.465 e. The van der Waals surface area contributed by atoms with Crippen molar-refractivity contribution < 1.29 is 19.1 Å². The molecule has 0 unspecified atom stereocenters. The number of carbonyl (C=O) groups is 2. The van der Waals surface area contributed by atoms with Gasteiger partial charge >= 0.3 is 11.9 Å². The predicted octanol–water partition coefficient (Wildman–Crippen LogP) is 18.2. The van der Waals surface area contributed by atoms with Gasteiger partial charge in [0.1, 0.15) is 0 Å². The summed E-state index contributed by atoms with van der Waals surface area (Å²) in [7, 11) is 0. The Morgan fingerprint density at radius 1 is 0.386 bits per heavy atom. The third-order valence-corrected chi connectivity index (χ3v) is 8.13. The normalized spacial score (nSPS) is 12.1. The highest BCUT2D eigenvalue weighted by atomic mass is 16.5. The fourth-order valence-electron chi connectivity index (χ4n) is 4.97. The van der Waals surface area contributed by atoms with Crippen molar-refractivity contribution in [3.63, 3.8) is 0 Å². The predicted molar refractivity (Wildman–Crippen MR) is 260 cm³/mol. The van der Waals surface area contributed by atoms with Gasteiger partial charge < -0.3 is 9.47 Å². The lowest BCUT2D eigenvalue weighted by Gasteiger charge is -2.19. The summed E-state index contributed by atoms with van der Waals surface area (Å²) in [6, 6.07) is 0. The van der Waals surface area contributed by atoms with E-state index in [2.05, 4.69) is 166 Å². The second-order valence-corrected chi connectivity index (χ2v) is 25.2. The molecule has 0 saturated heterocycles. The Hall–Kier alpha value is -1.06. The number of carbonyl (C=O) groups excluding carboxylic acids is 2. The second-order valence-electron chi connectivity index (χ2n) is 25.2. The smallest absolute Gasteiger partial charge is 0.308 e. The molecule has 4 nitrogen and oxygen atoms in total. The van der Waals surface area contributed by atoms with Gasteiger partial charge in [0.15, 0.2) is 0 Å². The molecule has 0 aromatic heterocycles. The van der Waals surface area contributed by atoms with Crippen molar-refractivity contribution in [2.45, 2.75) is 264 Å². The molecular formula is C53H114O4. The molecule has 0 aliphatic heterocycles. The molecule has 0 rings (SSSR count). The van der Waals surface area contributed by atoms with E-state index in [1.165, 1.54) is 51.4 Å². The Balaban J connectivity index is -0.000000139. The zero-order chi connectivity index (χ0) is 47.1. The van der Waals surface area contributed by atoms with Crippen LogP contribution in [-0.2, 0) is 19.1 Å². The molecule has 0 spiro atoms. The highest BCUT2D eigenvalue weighted by Crippen LogP contribution is 2.25. The van der Waals surface area contributed by atoms with Gasteiger partial charge in [0.2, 0.25) is 0 Å². The first-order chi connectivity index (χ1) is 25.1. The fourth-order valence-corrected chi connectivity index (χ4v) is 4.97. The minimum absolute atomic E-state index is 0.00497. The van der Waals surface area contributed by atoms with Crippen LogP contribution in [0.1, 0.15) is 264 Å². The van der Waals surface area contributed by atoms with Crippen LogP contribution in [-0.4, -0.2) is 25.2 Å². The van der Waals surface area contributed by atoms with Gasteiger partial charge in [-0.15, -0.1) is 0 Å². The summed E-state index contributed by atoms with van der Waals surface area (Å²) in [5, 5.41) is 0. The summed E-state index contributed by atoms with van der Waals surface area (Å²) in [5.74, 6) is 1.51. The van der Waals surface area contributed by atoms with E-state index in [1.807, 2.05) is 27.7 Å². The lowest BCUT2D eigenvalue weighted by Crippen LogP contribution is -2.16. The lowest BCUT2D eigenvalue weighted by molar-refractivity contribution is -0.148.